The van der Waals surface area contributed by atoms with Gasteiger partial charge in [0, 0.05) is 0 Å². The van der Waals surface area contributed by atoms with E-state index in [1.807, 2.05) is 5.32 Å². The topological polar surface area (TPSA) is 109 Å². The lowest BCUT2D eigenvalue weighted by Crippen LogP contribution is -2.43. The molecular formula is C12H11F3N2O4. The zero-order valence-electron chi connectivity index (χ0n) is 10.5. The Bertz CT molecular complexity index is 572. The Hall–Kier alpha value is -2.58. The molecule has 114 valence electrons. The van der Waals surface area contributed by atoms with E-state index in [-0.39, 0.29) is 0 Å². The van der Waals surface area contributed by atoms with Crippen molar-refractivity contribution in [1.29, 1.82) is 0 Å². The van der Waals surface area contributed by atoms with Gasteiger partial charge < -0.3 is 16.2 Å². The highest BCUT2D eigenvalue weighted by atomic mass is 19.4. The molecule has 1 atom stereocenters. The van der Waals surface area contributed by atoms with Crippen LogP contribution < -0.4 is 11.1 Å². The monoisotopic (exact) mass is 304 g/mol. The van der Waals surface area contributed by atoms with Crippen molar-refractivity contribution < 1.29 is 32.7 Å². The summed E-state index contributed by atoms with van der Waals surface area (Å²) in [5.41, 5.74) is 2.87. The number of nitrogens with one attached hydrogen (secondary N) is 1. The van der Waals surface area contributed by atoms with Crippen LogP contribution in [0.15, 0.2) is 24.3 Å². The van der Waals surface area contributed by atoms with Crippen LogP contribution in [-0.2, 0) is 15.8 Å². The van der Waals surface area contributed by atoms with Crippen molar-refractivity contribution in [1.82, 2.24) is 5.32 Å². The van der Waals surface area contributed by atoms with Crippen molar-refractivity contribution in [2.75, 3.05) is 0 Å². The largest absolute Gasteiger partial charge is 0.480 e. The molecule has 0 saturated carbocycles. The van der Waals surface area contributed by atoms with Crippen molar-refractivity contribution in [3.05, 3.63) is 35.4 Å². The molecule has 2 amide bonds. The lowest BCUT2D eigenvalue weighted by atomic mass is 10.1. The summed E-state index contributed by atoms with van der Waals surface area (Å²) in [5.74, 6) is -3.84. The second kappa shape index (κ2) is 6.25. The van der Waals surface area contributed by atoms with Gasteiger partial charge in [0.25, 0.3) is 5.91 Å². The Balaban J connectivity index is 3.04. The minimum Gasteiger partial charge on any atom is -0.480 e. The Morgan fingerprint density at radius 2 is 1.81 bits per heavy atom. The number of carboxylic acid groups (broad SMARTS) is 1. The lowest BCUT2D eigenvalue weighted by molar-refractivity contribution is -0.140. The molecule has 1 aromatic rings. The molecule has 21 heavy (non-hydrogen) atoms. The smallest absolute Gasteiger partial charge is 0.417 e. The van der Waals surface area contributed by atoms with Gasteiger partial charge in [-0.3, -0.25) is 9.59 Å². The van der Waals surface area contributed by atoms with E-state index in [1.54, 1.807) is 0 Å². The van der Waals surface area contributed by atoms with Gasteiger partial charge >= 0.3 is 12.1 Å². The van der Waals surface area contributed by atoms with Crippen LogP contribution in [0, 0.1) is 0 Å². The first-order valence-electron chi connectivity index (χ1n) is 5.61. The number of hydrogen-bond acceptors (Lipinski definition) is 3. The third kappa shape index (κ3) is 4.48. The molecule has 1 rings (SSSR count). The van der Waals surface area contributed by atoms with E-state index in [0.717, 1.165) is 12.1 Å². The van der Waals surface area contributed by atoms with Gasteiger partial charge in [0.2, 0.25) is 5.91 Å². The molecule has 6 nitrogen and oxygen atoms in total. The van der Waals surface area contributed by atoms with Gasteiger partial charge in [0.1, 0.15) is 6.04 Å². The maximum atomic E-state index is 12.7. The lowest BCUT2D eigenvalue weighted by Gasteiger charge is -2.16. The van der Waals surface area contributed by atoms with Gasteiger partial charge in [0.05, 0.1) is 17.5 Å². The Morgan fingerprint density at radius 1 is 1.24 bits per heavy atom. The predicted molar refractivity (Wildman–Crippen MR) is 64.1 cm³/mol. The number of carboxylic acids is 1. The third-order valence-electron chi connectivity index (χ3n) is 2.49. The van der Waals surface area contributed by atoms with Gasteiger partial charge in [-0.05, 0) is 12.1 Å². The molecule has 0 aliphatic heterocycles. The minimum atomic E-state index is -4.77. The predicted octanol–water partition coefficient (Wildman–Crippen LogP) is 0.764. The van der Waals surface area contributed by atoms with Crippen LogP contribution in [0.25, 0.3) is 0 Å². The molecule has 0 fully saturated rings. The van der Waals surface area contributed by atoms with Crippen LogP contribution in [0.3, 0.4) is 0 Å². The van der Waals surface area contributed by atoms with E-state index in [0.29, 0.717) is 6.07 Å². The summed E-state index contributed by atoms with van der Waals surface area (Å²) in [6.45, 7) is 0. The number of amides is 2. The summed E-state index contributed by atoms with van der Waals surface area (Å²) >= 11 is 0. The molecule has 0 bridgehead atoms. The fraction of sp³-hybridized carbons (Fsp3) is 0.250. The normalized spacial score (nSPS) is 12.5. The van der Waals surface area contributed by atoms with Crippen molar-refractivity contribution in [3.8, 4) is 0 Å². The van der Waals surface area contributed by atoms with E-state index >= 15 is 0 Å². The van der Waals surface area contributed by atoms with Crippen molar-refractivity contribution in [2.24, 2.45) is 5.73 Å². The minimum absolute atomic E-state index is 0.693. The number of carbonyl (C=O) groups is 3. The van der Waals surface area contributed by atoms with Crippen molar-refractivity contribution in [3.63, 3.8) is 0 Å². The van der Waals surface area contributed by atoms with Gasteiger partial charge in [0.15, 0.2) is 0 Å². The number of alkyl halides is 3. The first-order valence-corrected chi connectivity index (χ1v) is 5.61. The average molecular weight is 304 g/mol. The van der Waals surface area contributed by atoms with Crippen LogP contribution in [0.1, 0.15) is 22.3 Å². The van der Waals surface area contributed by atoms with E-state index in [4.69, 9.17) is 10.8 Å². The van der Waals surface area contributed by atoms with Crippen molar-refractivity contribution in [2.45, 2.75) is 18.6 Å². The molecule has 0 aliphatic carbocycles. The standard InChI is InChI=1S/C12H11F3N2O4/c13-12(14,15)7-4-2-1-3-6(7)10(19)17-8(11(20)21)5-9(16)18/h1-4,8H,5H2,(H2,16,18)(H,17,19)(H,20,21)/t8-/m0/s1. The molecule has 1 aromatic carbocycles. The van der Waals surface area contributed by atoms with Gasteiger partial charge in [-0.2, -0.15) is 13.2 Å². The number of carbonyl (C=O) groups excluding carboxylic acids is 2. The molecule has 0 aromatic heterocycles. The Morgan fingerprint density at radius 3 is 2.29 bits per heavy atom. The maximum Gasteiger partial charge on any atom is 0.417 e. The average Bonchev–Trinajstić information content (AvgIpc) is 2.36. The second-order valence-electron chi connectivity index (χ2n) is 4.08. The van der Waals surface area contributed by atoms with Gasteiger partial charge in [-0.15, -0.1) is 0 Å². The summed E-state index contributed by atoms with van der Waals surface area (Å²) in [6, 6.07) is 2.20. The van der Waals surface area contributed by atoms with Crippen LogP contribution in [0.2, 0.25) is 0 Å². The summed E-state index contributed by atoms with van der Waals surface area (Å²) in [5, 5.41) is 10.6. The van der Waals surface area contributed by atoms with Crippen LogP contribution in [0.4, 0.5) is 13.2 Å². The summed E-state index contributed by atoms with van der Waals surface area (Å²) in [4.78, 5) is 33.3. The molecule has 0 spiro atoms. The van der Waals surface area contributed by atoms with Crippen LogP contribution >= 0.6 is 0 Å². The number of halogens is 3. The number of hydrogen-bond donors (Lipinski definition) is 3. The van der Waals surface area contributed by atoms with Crippen molar-refractivity contribution >= 4 is 17.8 Å². The molecule has 0 aliphatic rings. The Labute approximate surface area is 116 Å². The highest BCUT2D eigenvalue weighted by Gasteiger charge is 2.35. The highest BCUT2D eigenvalue weighted by Crippen LogP contribution is 2.31. The fourth-order valence-corrected chi connectivity index (χ4v) is 1.57. The zero-order valence-corrected chi connectivity index (χ0v) is 10.5. The van der Waals surface area contributed by atoms with E-state index in [9.17, 15) is 27.6 Å². The quantitative estimate of drug-likeness (QED) is 0.746. The second-order valence-corrected chi connectivity index (χ2v) is 4.08. The molecular weight excluding hydrogens is 293 g/mol. The first-order chi connectivity index (χ1) is 9.62. The number of rotatable bonds is 5. The maximum absolute atomic E-state index is 12.7. The molecule has 0 heterocycles. The molecule has 0 radical (unpaired) electrons. The molecule has 0 saturated heterocycles. The van der Waals surface area contributed by atoms with E-state index < -0.39 is 47.5 Å². The highest BCUT2D eigenvalue weighted by molar-refractivity contribution is 5.98. The molecule has 9 heteroatoms. The van der Waals surface area contributed by atoms with Crippen LogP contribution in [0.5, 0.6) is 0 Å². The van der Waals surface area contributed by atoms with Gasteiger partial charge in [-0.1, -0.05) is 12.1 Å². The third-order valence-corrected chi connectivity index (χ3v) is 2.49. The first kappa shape index (κ1) is 16.5. The SMILES string of the molecule is NC(=O)C[C@H](NC(=O)c1ccccc1C(F)(F)F)C(=O)O. The van der Waals surface area contributed by atoms with E-state index in [1.165, 1.54) is 6.07 Å². The summed E-state index contributed by atoms with van der Waals surface area (Å²) < 4.78 is 38.2. The Kier molecular flexibility index (Phi) is 4.90. The summed E-state index contributed by atoms with van der Waals surface area (Å²) in [6.07, 6.45) is -5.49. The molecule has 4 N–H and O–H groups in total. The number of nitrogens with two attached hydrogens (primary N) is 1. The summed E-state index contributed by atoms with van der Waals surface area (Å²) in [7, 11) is 0. The number of aliphatic carboxylic acids is 1. The number of benzene rings is 1. The van der Waals surface area contributed by atoms with Gasteiger partial charge in [-0.25, -0.2) is 4.79 Å². The fourth-order valence-electron chi connectivity index (χ4n) is 1.57. The van der Waals surface area contributed by atoms with Crippen LogP contribution in [-0.4, -0.2) is 28.9 Å². The zero-order chi connectivity index (χ0) is 16.2. The van der Waals surface area contributed by atoms with E-state index in [2.05, 4.69) is 0 Å². The number of primary amides is 1. The molecule has 0 unspecified atom stereocenters.